The Balaban J connectivity index is 2.47. The summed E-state index contributed by atoms with van der Waals surface area (Å²) in [5.74, 6) is 0.606. The third kappa shape index (κ3) is 1.87. The van der Waals surface area contributed by atoms with Crippen LogP contribution >= 0.6 is 0 Å². The molecule has 96 valence electrons. The molecule has 0 aromatic carbocycles. The normalized spacial score (nSPS) is 36.6. The lowest BCUT2D eigenvalue weighted by Gasteiger charge is -2.54. The van der Waals surface area contributed by atoms with E-state index in [4.69, 9.17) is 0 Å². The van der Waals surface area contributed by atoms with Crippen LogP contribution in [0.15, 0.2) is 11.1 Å². The monoisotopic (exact) mass is 236 g/mol. The SMILES string of the molecule is CC1(C)CCCC2(C)C(CO)=C(C=O)CCC12. The van der Waals surface area contributed by atoms with Crippen LogP contribution in [0, 0.1) is 16.7 Å². The van der Waals surface area contributed by atoms with Gasteiger partial charge in [0.05, 0.1) is 6.61 Å². The van der Waals surface area contributed by atoms with Crippen LogP contribution in [0.25, 0.3) is 0 Å². The van der Waals surface area contributed by atoms with Crippen molar-refractivity contribution >= 4 is 6.29 Å². The molecule has 2 heteroatoms. The lowest BCUT2D eigenvalue weighted by Crippen LogP contribution is -2.46. The number of allylic oxidation sites excluding steroid dienone is 1. The van der Waals surface area contributed by atoms with E-state index in [1.165, 1.54) is 12.8 Å². The smallest absolute Gasteiger partial charge is 0.146 e. The third-order valence-corrected chi connectivity index (χ3v) is 5.31. The Hall–Kier alpha value is -0.630. The molecule has 2 aliphatic rings. The molecule has 2 aliphatic carbocycles. The Morgan fingerprint density at radius 2 is 2.06 bits per heavy atom. The number of fused-ring (bicyclic) bond motifs is 1. The van der Waals surface area contributed by atoms with Gasteiger partial charge in [0.2, 0.25) is 0 Å². The van der Waals surface area contributed by atoms with E-state index in [-0.39, 0.29) is 12.0 Å². The number of hydrogen-bond acceptors (Lipinski definition) is 2. The van der Waals surface area contributed by atoms with Gasteiger partial charge in [0.15, 0.2) is 0 Å². The molecule has 2 nitrogen and oxygen atoms in total. The van der Waals surface area contributed by atoms with Crippen LogP contribution in [0.5, 0.6) is 0 Å². The van der Waals surface area contributed by atoms with Crippen molar-refractivity contribution in [3.8, 4) is 0 Å². The molecule has 0 aliphatic heterocycles. The molecule has 2 atom stereocenters. The van der Waals surface area contributed by atoms with Crippen LogP contribution in [0.1, 0.15) is 52.9 Å². The summed E-state index contributed by atoms with van der Waals surface area (Å²) in [6.45, 7) is 7.00. The van der Waals surface area contributed by atoms with Crippen molar-refractivity contribution in [2.24, 2.45) is 16.7 Å². The first-order valence-electron chi connectivity index (χ1n) is 6.74. The zero-order valence-corrected chi connectivity index (χ0v) is 11.3. The van der Waals surface area contributed by atoms with Crippen molar-refractivity contribution in [3.05, 3.63) is 11.1 Å². The number of rotatable bonds is 2. The summed E-state index contributed by atoms with van der Waals surface area (Å²) in [6.07, 6.45) is 6.51. The predicted octanol–water partition coefficient (Wildman–Crippen LogP) is 3.10. The Bertz CT molecular complexity index is 354. The molecule has 0 aromatic rings. The Labute approximate surface area is 104 Å². The molecule has 0 saturated heterocycles. The summed E-state index contributed by atoms with van der Waals surface area (Å²) in [7, 11) is 0. The molecule has 2 unspecified atom stereocenters. The molecule has 17 heavy (non-hydrogen) atoms. The van der Waals surface area contributed by atoms with Crippen LogP contribution in [0.4, 0.5) is 0 Å². The van der Waals surface area contributed by atoms with Crippen LogP contribution < -0.4 is 0 Å². The minimum atomic E-state index is 0.0466. The summed E-state index contributed by atoms with van der Waals surface area (Å²) in [5, 5.41) is 9.65. The lowest BCUT2D eigenvalue weighted by atomic mass is 9.50. The van der Waals surface area contributed by atoms with E-state index in [1.54, 1.807) is 0 Å². The summed E-state index contributed by atoms with van der Waals surface area (Å²) in [6, 6.07) is 0. The molecule has 1 saturated carbocycles. The van der Waals surface area contributed by atoms with Crippen molar-refractivity contribution in [2.45, 2.75) is 52.9 Å². The molecule has 0 bridgehead atoms. The number of hydrogen-bond donors (Lipinski definition) is 1. The van der Waals surface area contributed by atoms with E-state index < -0.39 is 0 Å². The predicted molar refractivity (Wildman–Crippen MR) is 68.6 cm³/mol. The van der Waals surface area contributed by atoms with Gasteiger partial charge in [0, 0.05) is 0 Å². The van der Waals surface area contributed by atoms with E-state index in [1.807, 2.05) is 0 Å². The topological polar surface area (TPSA) is 37.3 Å². The zero-order chi connectivity index (χ0) is 12.7. The highest BCUT2D eigenvalue weighted by molar-refractivity contribution is 5.75. The molecular formula is C15H24O2. The van der Waals surface area contributed by atoms with E-state index in [2.05, 4.69) is 20.8 Å². The first kappa shape index (κ1) is 12.8. The van der Waals surface area contributed by atoms with Gasteiger partial charge in [-0.05, 0) is 53.6 Å². The lowest BCUT2D eigenvalue weighted by molar-refractivity contribution is -0.105. The van der Waals surface area contributed by atoms with Gasteiger partial charge in [-0.25, -0.2) is 0 Å². The average molecular weight is 236 g/mol. The van der Waals surface area contributed by atoms with E-state index in [0.29, 0.717) is 11.3 Å². The highest BCUT2D eigenvalue weighted by Crippen LogP contribution is 2.59. The summed E-state index contributed by atoms with van der Waals surface area (Å²) >= 11 is 0. The van der Waals surface area contributed by atoms with Gasteiger partial charge in [0.1, 0.15) is 6.29 Å². The fraction of sp³-hybridized carbons (Fsp3) is 0.800. The van der Waals surface area contributed by atoms with Crippen LogP contribution in [-0.4, -0.2) is 18.0 Å². The maximum absolute atomic E-state index is 11.1. The number of carbonyl (C=O) groups is 1. The maximum Gasteiger partial charge on any atom is 0.146 e. The van der Waals surface area contributed by atoms with Crippen molar-refractivity contribution in [1.29, 1.82) is 0 Å². The zero-order valence-electron chi connectivity index (χ0n) is 11.3. The first-order valence-corrected chi connectivity index (χ1v) is 6.74. The van der Waals surface area contributed by atoms with Gasteiger partial charge in [0.25, 0.3) is 0 Å². The van der Waals surface area contributed by atoms with E-state index in [9.17, 15) is 9.90 Å². The molecule has 0 amide bonds. The molecule has 0 radical (unpaired) electrons. The van der Waals surface area contributed by atoms with Crippen LogP contribution in [0.3, 0.4) is 0 Å². The molecule has 0 spiro atoms. The van der Waals surface area contributed by atoms with Gasteiger partial charge >= 0.3 is 0 Å². The molecule has 0 aromatic heterocycles. The molecule has 1 N–H and O–H groups in total. The van der Waals surface area contributed by atoms with Gasteiger partial charge in [-0.1, -0.05) is 27.2 Å². The second-order valence-electron chi connectivity index (χ2n) is 6.63. The quantitative estimate of drug-likeness (QED) is 0.748. The van der Waals surface area contributed by atoms with Crippen molar-refractivity contribution < 1.29 is 9.90 Å². The van der Waals surface area contributed by atoms with E-state index in [0.717, 1.165) is 36.7 Å². The van der Waals surface area contributed by atoms with Gasteiger partial charge in [-0.15, -0.1) is 0 Å². The number of carbonyl (C=O) groups excluding carboxylic acids is 1. The molecular weight excluding hydrogens is 212 g/mol. The van der Waals surface area contributed by atoms with Crippen molar-refractivity contribution in [3.63, 3.8) is 0 Å². The van der Waals surface area contributed by atoms with Crippen molar-refractivity contribution in [1.82, 2.24) is 0 Å². The highest BCUT2D eigenvalue weighted by atomic mass is 16.3. The van der Waals surface area contributed by atoms with Crippen molar-refractivity contribution in [2.75, 3.05) is 6.61 Å². The highest BCUT2D eigenvalue weighted by Gasteiger charge is 2.50. The fourth-order valence-corrected chi connectivity index (χ4v) is 4.42. The standard InChI is InChI=1S/C15H24O2/c1-14(2)7-4-8-15(3)12(10-17)11(9-16)5-6-13(14)15/h9,13,17H,4-8,10H2,1-3H3. The molecule has 0 heterocycles. The fourth-order valence-electron chi connectivity index (χ4n) is 4.42. The Kier molecular flexibility index (Phi) is 3.19. The molecule has 1 fully saturated rings. The number of aldehydes is 1. The summed E-state index contributed by atoms with van der Waals surface area (Å²) in [5.41, 5.74) is 2.27. The maximum atomic E-state index is 11.1. The second-order valence-corrected chi connectivity index (χ2v) is 6.63. The van der Waals surface area contributed by atoms with Gasteiger partial charge in [-0.2, -0.15) is 0 Å². The summed E-state index contributed by atoms with van der Waals surface area (Å²) < 4.78 is 0. The minimum absolute atomic E-state index is 0.0466. The second kappa shape index (κ2) is 4.24. The Morgan fingerprint density at radius 1 is 1.35 bits per heavy atom. The first-order chi connectivity index (χ1) is 7.95. The average Bonchev–Trinajstić information content (AvgIpc) is 2.26. The number of aliphatic hydroxyl groups is 1. The minimum Gasteiger partial charge on any atom is -0.392 e. The van der Waals surface area contributed by atoms with E-state index >= 15 is 0 Å². The van der Waals surface area contributed by atoms with Gasteiger partial charge < -0.3 is 5.11 Å². The number of aliphatic hydroxyl groups excluding tert-OH is 1. The van der Waals surface area contributed by atoms with Crippen LogP contribution in [0.2, 0.25) is 0 Å². The largest absolute Gasteiger partial charge is 0.392 e. The van der Waals surface area contributed by atoms with Gasteiger partial charge in [-0.3, -0.25) is 4.79 Å². The third-order valence-electron chi connectivity index (χ3n) is 5.31. The van der Waals surface area contributed by atoms with Crippen LogP contribution in [-0.2, 0) is 4.79 Å². The summed E-state index contributed by atoms with van der Waals surface area (Å²) in [4.78, 5) is 11.1. The Morgan fingerprint density at radius 3 is 2.65 bits per heavy atom. The molecule has 2 rings (SSSR count).